The molecular weight excluding hydrogens is 204 g/mol. The van der Waals surface area contributed by atoms with Crippen molar-refractivity contribution in [3.8, 4) is 0 Å². The van der Waals surface area contributed by atoms with Gasteiger partial charge in [0, 0.05) is 12.7 Å². The van der Waals surface area contributed by atoms with Crippen LogP contribution in [0.3, 0.4) is 0 Å². The average Bonchev–Trinajstić information content (AvgIpc) is 2.38. The second-order valence-corrected chi connectivity index (χ2v) is 4.18. The zero-order valence-corrected chi connectivity index (χ0v) is 9.22. The first-order chi connectivity index (χ1) is 7.86. The van der Waals surface area contributed by atoms with Crippen LogP contribution in [0.15, 0.2) is 12.4 Å². The summed E-state index contributed by atoms with van der Waals surface area (Å²) in [5.41, 5.74) is 0. The number of amides is 1. The largest absolute Gasteiger partial charge is 0.349 e. The van der Waals surface area contributed by atoms with Gasteiger partial charge in [-0.25, -0.2) is 4.98 Å². The molecule has 86 valence electrons. The Kier molecular flexibility index (Phi) is 3.80. The summed E-state index contributed by atoms with van der Waals surface area (Å²) in [6, 6.07) is 0. The van der Waals surface area contributed by atoms with Crippen molar-refractivity contribution < 1.29 is 4.79 Å². The van der Waals surface area contributed by atoms with E-state index >= 15 is 0 Å². The molecule has 5 heteroatoms. The molecule has 1 aliphatic carbocycles. The Morgan fingerprint density at radius 1 is 1.31 bits per heavy atom. The second kappa shape index (κ2) is 5.53. The summed E-state index contributed by atoms with van der Waals surface area (Å²) in [7, 11) is 0. The number of hydrogen-bond donors (Lipinski definition) is 1. The van der Waals surface area contributed by atoms with E-state index in [1.165, 1.54) is 44.5 Å². The fraction of sp³-hybridized carbons (Fsp3) is 0.636. The monoisotopic (exact) mass is 220 g/mol. The predicted molar refractivity (Wildman–Crippen MR) is 58.7 cm³/mol. The highest BCUT2D eigenvalue weighted by atomic mass is 16.2. The Bertz CT molecular complexity index is 335. The Hall–Kier alpha value is -1.52. The van der Waals surface area contributed by atoms with E-state index in [2.05, 4.69) is 20.5 Å². The number of carbonyl (C=O) groups is 1. The first-order valence-electron chi connectivity index (χ1n) is 5.78. The van der Waals surface area contributed by atoms with Crippen LogP contribution in [0, 0.1) is 5.92 Å². The Morgan fingerprint density at radius 2 is 2.12 bits per heavy atom. The highest BCUT2D eigenvalue weighted by Crippen LogP contribution is 2.22. The van der Waals surface area contributed by atoms with Crippen LogP contribution >= 0.6 is 0 Å². The summed E-state index contributed by atoms with van der Waals surface area (Å²) in [6.07, 6.45) is 9.26. The molecule has 1 aliphatic rings. The molecule has 0 bridgehead atoms. The minimum absolute atomic E-state index is 0.151. The molecular formula is C11H16N4O. The van der Waals surface area contributed by atoms with Gasteiger partial charge in [0.25, 0.3) is 5.91 Å². The number of nitrogens with one attached hydrogen (secondary N) is 1. The molecule has 0 aromatic carbocycles. The maximum atomic E-state index is 11.6. The van der Waals surface area contributed by atoms with E-state index in [1.807, 2.05) is 0 Å². The summed E-state index contributed by atoms with van der Waals surface area (Å²) in [6.45, 7) is 0.733. The molecule has 0 radical (unpaired) electrons. The van der Waals surface area contributed by atoms with Crippen LogP contribution in [0.25, 0.3) is 0 Å². The van der Waals surface area contributed by atoms with E-state index in [0.717, 1.165) is 6.54 Å². The lowest BCUT2D eigenvalue weighted by molar-refractivity contribution is 0.0932. The standard InChI is InChI=1S/C11H16N4O/c16-11(10-12-6-7-14-15-10)13-8-9-4-2-1-3-5-9/h6-7,9H,1-5,8H2,(H,13,16). The molecule has 1 fully saturated rings. The molecule has 1 N–H and O–H groups in total. The molecule has 1 heterocycles. The first kappa shape index (κ1) is 11.0. The van der Waals surface area contributed by atoms with Gasteiger partial charge in [-0.1, -0.05) is 19.3 Å². The molecule has 1 aromatic heterocycles. The number of hydrogen-bond acceptors (Lipinski definition) is 4. The summed E-state index contributed by atoms with van der Waals surface area (Å²) >= 11 is 0. The van der Waals surface area contributed by atoms with Gasteiger partial charge in [0.05, 0.1) is 6.20 Å². The minimum Gasteiger partial charge on any atom is -0.349 e. The van der Waals surface area contributed by atoms with Crippen molar-refractivity contribution in [1.29, 1.82) is 0 Å². The third-order valence-electron chi connectivity index (χ3n) is 2.96. The molecule has 5 nitrogen and oxygen atoms in total. The Balaban J connectivity index is 1.79. The molecule has 0 unspecified atom stereocenters. The van der Waals surface area contributed by atoms with E-state index in [-0.39, 0.29) is 11.7 Å². The lowest BCUT2D eigenvalue weighted by Gasteiger charge is -2.21. The van der Waals surface area contributed by atoms with Gasteiger partial charge in [-0.05, 0) is 18.8 Å². The van der Waals surface area contributed by atoms with Crippen LogP contribution in [-0.4, -0.2) is 27.6 Å². The van der Waals surface area contributed by atoms with Crippen molar-refractivity contribution in [3.05, 3.63) is 18.2 Å². The van der Waals surface area contributed by atoms with Crippen LogP contribution in [0.4, 0.5) is 0 Å². The molecule has 1 saturated carbocycles. The molecule has 16 heavy (non-hydrogen) atoms. The SMILES string of the molecule is O=C(NCC1CCCCC1)c1nccnn1. The van der Waals surface area contributed by atoms with Crippen molar-refractivity contribution in [2.45, 2.75) is 32.1 Å². The van der Waals surface area contributed by atoms with Crippen molar-refractivity contribution in [1.82, 2.24) is 20.5 Å². The normalized spacial score (nSPS) is 17.0. The minimum atomic E-state index is -0.223. The first-order valence-corrected chi connectivity index (χ1v) is 5.78. The molecule has 1 aromatic rings. The zero-order valence-electron chi connectivity index (χ0n) is 9.22. The van der Waals surface area contributed by atoms with Gasteiger partial charge in [-0.15, -0.1) is 5.10 Å². The van der Waals surface area contributed by atoms with Crippen LogP contribution in [-0.2, 0) is 0 Å². The van der Waals surface area contributed by atoms with E-state index in [4.69, 9.17) is 0 Å². The number of nitrogens with zero attached hydrogens (tertiary/aromatic N) is 3. The Morgan fingerprint density at radius 3 is 2.81 bits per heavy atom. The van der Waals surface area contributed by atoms with Crippen molar-refractivity contribution >= 4 is 5.91 Å². The third-order valence-corrected chi connectivity index (χ3v) is 2.96. The quantitative estimate of drug-likeness (QED) is 0.830. The van der Waals surface area contributed by atoms with Crippen LogP contribution in [0.2, 0.25) is 0 Å². The van der Waals surface area contributed by atoms with Crippen LogP contribution in [0.1, 0.15) is 42.7 Å². The number of carbonyl (C=O) groups excluding carboxylic acids is 1. The topological polar surface area (TPSA) is 67.8 Å². The fourth-order valence-corrected chi connectivity index (χ4v) is 2.06. The number of aromatic nitrogens is 3. The van der Waals surface area contributed by atoms with Crippen LogP contribution in [0.5, 0.6) is 0 Å². The predicted octanol–water partition coefficient (Wildman–Crippen LogP) is 1.18. The van der Waals surface area contributed by atoms with Gasteiger partial charge in [0.15, 0.2) is 0 Å². The maximum Gasteiger partial charge on any atom is 0.290 e. The third kappa shape index (κ3) is 2.98. The highest BCUT2D eigenvalue weighted by Gasteiger charge is 2.15. The van der Waals surface area contributed by atoms with Gasteiger partial charge < -0.3 is 5.32 Å². The number of rotatable bonds is 3. The van der Waals surface area contributed by atoms with Gasteiger partial charge in [0.2, 0.25) is 5.82 Å². The smallest absolute Gasteiger partial charge is 0.290 e. The highest BCUT2D eigenvalue weighted by molar-refractivity contribution is 5.90. The van der Waals surface area contributed by atoms with Crippen LogP contribution < -0.4 is 5.32 Å². The average molecular weight is 220 g/mol. The van der Waals surface area contributed by atoms with Gasteiger partial charge >= 0.3 is 0 Å². The lowest BCUT2D eigenvalue weighted by Crippen LogP contribution is -2.31. The summed E-state index contributed by atoms with van der Waals surface area (Å²) in [5, 5.41) is 10.2. The molecule has 0 spiro atoms. The summed E-state index contributed by atoms with van der Waals surface area (Å²) < 4.78 is 0. The maximum absolute atomic E-state index is 11.6. The van der Waals surface area contributed by atoms with E-state index in [0.29, 0.717) is 5.92 Å². The Labute approximate surface area is 94.7 Å². The molecule has 0 aliphatic heterocycles. The fourth-order valence-electron chi connectivity index (χ4n) is 2.06. The molecule has 0 atom stereocenters. The van der Waals surface area contributed by atoms with Crippen molar-refractivity contribution in [2.24, 2.45) is 5.92 Å². The van der Waals surface area contributed by atoms with E-state index in [1.54, 1.807) is 0 Å². The molecule has 1 amide bonds. The summed E-state index contributed by atoms with van der Waals surface area (Å²) in [4.78, 5) is 15.5. The van der Waals surface area contributed by atoms with E-state index in [9.17, 15) is 4.79 Å². The molecule has 0 saturated heterocycles. The van der Waals surface area contributed by atoms with E-state index < -0.39 is 0 Å². The second-order valence-electron chi connectivity index (χ2n) is 4.18. The summed E-state index contributed by atoms with van der Waals surface area (Å²) in [5.74, 6) is 0.548. The van der Waals surface area contributed by atoms with Gasteiger partial charge in [-0.3, -0.25) is 4.79 Å². The molecule has 2 rings (SSSR count). The zero-order chi connectivity index (χ0) is 11.2. The van der Waals surface area contributed by atoms with Crippen molar-refractivity contribution in [2.75, 3.05) is 6.54 Å². The van der Waals surface area contributed by atoms with Gasteiger partial charge in [0.1, 0.15) is 0 Å². The van der Waals surface area contributed by atoms with Gasteiger partial charge in [-0.2, -0.15) is 5.10 Å². The van der Waals surface area contributed by atoms with Crippen molar-refractivity contribution in [3.63, 3.8) is 0 Å². The lowest BCUT2D eigenvalue weighted by atomic mass is 9.89.